The summed E-state index contributed by atoms with van der Waals surface area (Å²) in [6, 6.07) is 0.943. The van der Waals surface area contributed by atoms with E-state index in [1.165, 1.54) is 44.9 Å². The molecule has 40 heavy (non-hydrogen) atoms. The summed E-state index contributed by atoms with van der Waals surface area (Å²) in [6.45, 7) is 6.32. The molecule has 1 spiro atoms. The molecule has 0 aromatic heterocycles. The topological polar surface area (TPSA) is 68.2 Å². The molecule has 2 bridgehead atoms. The van der Waals surface area contributed by atoms with Crippen molar-refractivity contribution < 1.29 is 24.1 Å². The van der Waals surface area contributed by atoms with Gasteiger partial charge in [-0.15, -0.1) is 0 Å². The van der Waals surface area contributed by atoms with Crippen molar-refractivity contribution in [1.82, 2.24) is 4.90 Å². The molecule has 2 aliphatic carbocycles. The second kappa shape index (κ2) is 10.0. The van der Waals surface area contributed by atoms with Crippen LogP contribution in [0.1, 0.15) is 91.4 Å². The number of fused-ring (bicyclic) bond motifs is 4. The van der Waals surface area contributed by atoms with Crippen molar-refractivity contribution in [1.29, 1.82) is 0 Å². The summed E-state index contributed by atoms with van der Waals surface area (Å²) < 4.78 is 18.2. The molecule has 0 aromatic rings. The fourth-order valence-corrected chi connectivity index (χ4v) is 10.0. The molecule has 4 fully saturated rings. The zero-order valence-electron chi connectivity index (χ0n) is 24.7. The van der Waals surface area contributed by atoms with E-state index in [-0.39, 0.29) is 41.3 Å². The highest BCUT2D eigenvalue weighted by Crippen LogP contribution is 2.59. The molecule has 5 aliphatic heterocycles. The van der Waals surface area contributed by atoms with Gasteiger partial charge in [0.25, 0.3) is 0 Å². The summed E-state index contributed by atoms with van der Waals surface area (Å²) in [6.07, 6.45) is 19.9. The monoisotopic (exact) mass is 549 g/mol. The standard InChI is InChI=1S/C34H47NO5/c1-19-9-8-10-23(17-19)29(36)28-22-11-13-24-27-20(2)31(32-30(38-4)21(3)33(37)40-32)39-25(27)18-34(15-6-5-7-16-34)26(14-12-22)35(24)28/h8,10,18-20,22-24,26-29,36H,5-7,9,11-17H2,1-4H3. The average Bonchev–Trinajstić information content (AvgIpc) is 3.37. The Morgan fingerprint density at radius 2 is 1.88 bits per heavy atom. The largest absolute Gasteiger partial charge is 0.492 e. The molecule has 1 saturated carbocycles. The number of rotatable bonds is 3. The Morgan fingerprint density at radius 3 is 2.62 bits per heavy atom. The van der Waals surface area contributed by atoms with E-state index in [4.69, 9.17) is 14.2 Å². The molecule has 7 aliphatic rings. The molecule has 6 nitrogen and oxygen atoms in total. The van der Waals surface area contributed by atoms with E-state index in [0.29, 0.717) is 41.0 Å². The smallest absolute Gasteiger partial charge is 0.343 e. The van der Waals surface area contributed by atoms with Crippen LogP contribution in [-0.2, 0) is 19.0 Å². The van der Waals surface area contributed by atoms with Crippen molar-refractivity contribution in [3.8, 4) is 0 Å². The molecule has 6 heteroatoms. The molecule has 0 amide bonds. The minimum atomic E-state index is -0.352. The van der Waals surface area contributed by atoms with Gasteiger partial charge in [-0.3, -0.25) is 4.90 Å². The van der Waals surface area contributed by atoms with Crippen LogP contribution in [0.15, 0.2) is 46.8 Å². The normalized spacial score (nSPS) is 43.1. The van der Waals surface area contributed by atoms with E-state index in [0.717, 1.165) is 37.2 Å². The molecule has 5 heterocycles. The van der Waals surface area contributed by atoms with Crippen LogP contribution in [0.4, 0.5) is 0 Å². The second-order valence-electron chi connectivity index (χ2n) is 14.1. The first kappa shape index (κ1) is 26.8. The third-order valence-corrected chi connectivity index (χ3v) is 11.9. The Labute approximate surface area is 239 Å². The van der Waals surface area contributed by atoms with Gasteiger partial charge in [0.2, 0.25) is 5.76 Å². The van der Waals surface area contributed by atoms with E-state index in [1.54, 1.807) is 14.0 Å². The minimum absolute atomic E-state index is 0.0559. The SMILES string of the molecule is COC1=C(C)C(=O)OC1=C1OC2=CC3(CCCCC3)C3CCC4CCC(C2C1C)N3C4C(O)C1C=CCC(C)C1. The highest BCUT2D eigenvalue weighted by atomic mass is 16.6. The van der Waals surface area contributed by atoms with Crippen LogP contribution in [-0.4, -0.2) is 47.3 Å². The Hall–Kier alpha value is -2.05. The lowest BCUT2D eigenvalue weighted by molar-refractivity contribution is -0.137. The number of allylic oxidation sites excluding steroid dienone is 2. The molecular formula is C34H47NO5. The summed E-state index contributed by atoms with van der Waals surface area (Å²) in [5.74, 6) is 4.07. The fourth-order valence-electron chi connectivity index (χ4n) is 10.0. The molecule has 3 saturated heterocycles. The Balaban J connectivity index is 1.33. The van der Waals surface area contributed by atoms with Crippen molar-refractivity contribution >= 4 is 5.97 Å². The molecule has 9 atom stereocenters. The van der Waals surface area contributed by atoms with Crippen molar-refractivity contribution in [3.63, 3.8) is 0 Å². The maximum atomic E-state index is 12.5. The molecule has 7 rings (SSSR count). The van der Waals surface area contributed by atoms with E-state index in [2.05, 4.69) is 37.0 Å². The third kappa shape index (κ3) is 3.99. The number of aliphatic hydroxyl groups is 1. The summed E-state index contributed by atoms with van der Waals surface area (Å²) in [4.78, 5) is 15.4. The summed E-state index contributed by atoms with van der Waals surface area (Å²) in [5, 5.41) is 12.2. The number of piperidine rings is 2. The van der Waals surface area contributed by atoms with Crippen molar-refractivity contribution in [3.05, 3.63) is 46.8 Å². The van der Waals surface area contributed by atoms with Gasteiger partial charge >= 0.3 is 5.97 Å². The summed E-state index contributed by atoms with van der Waals surface area (Å²) in [5.41, 5.74) is 0.568. The van der Waals surface area contributed by atoms with Crippen LogP contribution in [0.5, 0.6) is 0 Å². The first-order valence-electron chi connectivity index (χ1n) is 16.1. The number of esters is 1. The maximum absolute atomic E-state index is 12.5. The Bertz CT molecular complexity index is 1170. The predicted octanol–water partition coefficient (Wildman–Crippen LogP) is 6.38. The molecule has 1 N–H and O–H groups in total. The Kier molecular flexibility index (Phi) is 6.74. The number of cyclic esters (lactones) is 1. The van der Waals surface area contributed by atoms with Gasteiger partial charge in [0.1, 0.15) is 5.76 Å². The van der Waals surface area contributed by atoms with E-state index < -0.39 is 0 Å². The van der Waals surface area contributed by atoms with Gasteiger partial charge in [-0.2, -0.15) is 0 Å². The zero-order chi connectivity index (χ0) is 27.8. The van der Waals surface area contributed by atoms with E-state index in [1.807, 2.05) is 0 Å². The number of aliphatic hydroxyl groups excluding tert-OH is 1. The van der Waals surface area contributed by atoms with Crippen LogP contribution in [0.2, 0.25) is 0 Å². The lowest BCUT2D eigenvalue weighted by Crippen LogP contribution is -2.67. The van der Waals surface area contributed by atoms with Gasteiger partial charge in [-0.25, -0.2) is 4.79 Å². The van der Waals surface area contributed by atoms with E-state index in [9.17, 15) is 9.90 Å². The highest BCUT2D eigenvalue weighted by molar-refractivity contribution is 5.93. The minimum Gasteiger partial charge on any atom is -0.492 e. The first-order chi connectivity index (χ1) is 19.3. The lowest BCUT2D eigenvalue weighted by Gasteiger charge is -2.60. The van der Waals surface area contributed by atoms with Gasteiger partial charge in [-0.1, -0.05) is 45.3 Å². The van der Waals surface area contributed by atoms with Crippen LogP contribution < -0.4 is 0 Å². The van der Waals surface area contributed by atoms with Crippen LogP contribution in [0, 0.1) is 35.0 Å². The highest BCUT2D eigenvalue weighted by Gasteiger charge is 2.60. The number of methoxy groups -OCH3 is 1. The predicted molar refractivity (Wildman–Crippen MR) is 152 cm³/mol. The maximum Gasteiger partial charge on any atom is 0.343 e. The number of nitrogens with zero attached hydrogens (tertiary/aromatic N) is 1. The Morgan fingerprint density at radius 1 is 1.10 bits per heavy atom. The van der Waals surface area contributed by atoms with Gasteiger partial charge < -0.3 is 19.3 Å². The van der Waals surface area contributed by atoms with Crippen LogP contribution in [0.3, 0.4) is 0 Å². The first-order valence-corrected chi connectivity index (χ1v) is 16.1. The van der Waals surface area contributed by atoms with Crippen molar-refractivity contribution in [2.75, 3.05) is 7.11 Å². The summed E-state index contributed by atoms with van der Waals surface area (Å²) in [7, 11) is 1.60. The average molecular weight is 550 g/mol. The third-order valence-electron chi connectivity index (χ3n) is 11.9. The number of hydrogen-bond acceptors (Lipinski definition) is 6. The summed E-state index contributed by atoms with van der Waals surface area (Å²) >= 11 is 0. The zero-order valence-corrected chi connectivity index (χ0v) is 24.7. The van der Waals surface area contributed by atoms with Crippen molar-refractivity contribution in [2.24, 2.45) is 35.0 Å². The van der Waals surface area contributed by atoms with Crippen molar-refractivity contribution in [2.45, 2.75) is 116 Å². The number of carbonyl (C=O) groups excluding carboxylic acids is 1. The lowest BCUT2D eigenvalue weighted by atomic mass is 9.62. The van der Waals surface area contributed by atoms with Gasteiger partial charge in [0.15, 0.2) is 11.5 Å². The molecule has 0 aromatic carbocycles. The van der Waals surface area contributed by atoms with E-state index >= 15 is 0 Å². The van der Waals surface area contributed by atoms with Crippen LogP contribution in [0.25, 0.3) is 0 Å². The number of hydrogen-bond donors (Lipinski definition) is 1. The number of ether oxygens (including phenoxy) is 3. The van der Waals surface area contributed by atoms with Gasteiger partial charge in [0.05, 0.1) is 18.8 Å². The van der Waals surface area contributed by atoms with Crippen LogP contribution >= 0.6 is 0 Å². The molecule has 0 radical (unpaired) electrons. The number of carbonyl (C=O) groups is 1. The molecule has 9 unspecified atom stereocenters. The molecular weight excluding hydrogens is 502 g/mol. The van der Waals surface area contributed by atoms with Gasteiger partial charge in [-0.05, 0) is 76.2 Å². The van der Waals surface area contributed by atoms with Gasteiger partial charge in [0, 0.05) is 41.3 Å². The second-order valence-corrected chi connectivity index (χ2v) is 14.1. The fraction of sp³-hybridized carbons (Fsp3) is 0.735. The molecule has 218 valence electrons. The quantitative estimate of drug-likeness (QED) is 0.325.